The number of piperidine rings is 1. The Labute approximate surface area is 165 Å². The minimum absolute atomic E-state index is 0.00420. The van der Waals surface area contributed by atoms with Crippen LogP contribution in [0.3, 0.4) is 0 Å². The highest BCUT2D eigenvalue weighted by Gasteiger charge is 2.45. The van der Waals surface area contributed by atoms with E-state index in [0.29, 0.717) is 0 Å². The first-order valence-electron chi connectivity index (χ1n) is 8.62. The summed E-state index contributed by atoms with van der Waals surface area (Å²) in [6, 6.07) is 3.47. The number of phosphoric acid groups is 1. The van der Waals surface area contributed by atoms with Crippen LogP contribution in [0.15, 0.2) is 24.3 Å². The van der Waals surface area contributed by atoms with Crippen molar-refractivity contribution < 1.29 is 48.9 Å². The minimum Gasteiger partial charge on any atom is -0.480 e. The standard InChI is InChI=1S/C16H23N2O10P/c19-11(7-8-3-1-2-4-10(8)28-29(25,26)27)17-6-5-9-13(20)15(22)14(21)12(18-9)16(23)24/h1-4,9,12-15,18,20-22H,5-7H2,(H,17,19)(H,23,24)(H2,25,26,27)/t9-,12+,13-,14+,15+/m0/s1. The molecule has 12 nitrogen and oxygen atoms in total. The Morgan fingerprint density at radius 1 is 1.10 bits per heavy atom. The molecule has 8 N–H and O–H groups in total. The van der Waals surface area contributed by atoms with Gasteiger partial charge in [-0.2, -0.15) is 0 Å². The molecule has 2 rings (SSSR count). The van der Waals surface area contributed by atoms with Crippen molar-refractivity contribution in [3.8, 4) is 5.75 Å². The van der Waals surface area contributed by atoms with Crippen molar-refractivity contribution in [1.82, 2.24) is 10.6 Å². The van der Waals surface area contributed by atoms with Crippen molar-refractivity contribution in [1.29, 1.82) is 0 Å². The van der Waals surface area contributed by atoms with E-state index in [4.69, 9.17) is 14.9 Å². The molecule has 0 aromatic heterocycles. The van der Waals surface area contributed by atoms with Crippen LogP contribution in [0.2, 0.25) is 0 Å². The first kappa shape index (κ1) is 23.2. The third-order valence-electron chi connectivity index (χ3n) is 4.43. The van der Waals surface area contributed by atoms with Crippen molar-refractivity contribution in [2.45, 2.75) is 43.2 Å². The number of benzene rings is 1. The van der Waals surface area contributed by atoms with E-state index in [1.807, 2.05) is 0 Å². The SMILES string of the molecule is O=C(Cc1ccccc1OP(=O)(O)O)NCC[C@@H]1N[C@@H](C(=O)O)[C@@H](O)[C@H](O)[C@H]1O. The molecule has 162 valence electrons. The molecule has 5 atom stereocenters. The third kappa shape index (κ3) is 6.47. The second kappa shape index (κ2) is 9.63. The molecule has 1 heterocycles. The van der Waals surface area contributed by atoms with Crippen molar-refractivity contribution in [3.05, 3.63) is 29.8 Å². The fourth-order valence-electron chi connectivity index (χ4n) is 3.01. The van der Waals surface area contributed by atoms with Gasteiger partial charge in [0.25, 0.3) is 0 Å². The Kier molecular flexibility index (Phi) is 7.72. The van der Waals surface area contributed by atoms with Gasteiger partial charge in [-0.15, -0.1) is 0 Å². The molecule has 1 aliphatic rings. The summed E-state index contributed by atoms with van der Waals surface area (Å²) in [4.78, 5) is 41.1. The van der Waals surface area contributed by atoms with Gasteiger partial charge in [-0.05, 0) is 12.5 Å². The summed E-state index contributed by atoms with van der Waals surface area (Å²) in [7, 11) is -4.79. The van der Waals surface area contributed by atoms with Gasteiger partial charge in [-0.25, -0.2) is 4.57 Å². The summed E-state index contributed by atoms with van der Waals surface area (Å²) in [5.74, 6) is -2.03. The second-order valence-electron chi connectivity index (χ2n) is 6.57. The molecule has 0 saturated carbocycles. The van der Waals surface area contributed by atoms with Gasteiger partial charge in [-0.1, -0.05) is 18.2 Å². The molecule has 1 fully saturated rings. The fourth-order valence-corrected chi connectivity index (χ4v) is 3.44. The van der Waals surface area contributed by atoms with Gasteiger partial charge in [0.05, 0.1) is 12.5 Å². The number of aliphatic hydroxyl groups excluding tert-OH is 3. The van der Waals surface area contributed by atoms with E-state index >= 15 is 0 Å². The summed E-state index contributed by atoms with van der Waals surface area (Å²) < 4.78 is 15.5. The molecule has 1 aromatic rings. The number of amides is 1. The number of hydrogen-bond donors (Lipinski definition) is 8. The molecular weight excluding hydrogens is 411 g/mol. The zero-order chi connectivity index (χ0) is 21.8. The van der Waals surface area contributed by atoms with E-state index in [1.165, 1.54) is 18.2 Å². The highest BCUT2D eigenvalue weighted by Crippen LogP contribution is 2.39. The first-order chi connectivity index (χ1) is 13.5. The van der Waals surface area contributed by atoms with Gasteiger partial charge < -0.3 is 30.3 Å². The molecule has 0 radical (unpaired) electrons. The number of phosphoric ester groups is 1. The number of carbonyl (C=O) groups is 2. The highest BCUT2D eigenvalue weighted by atomic mass is 31.2. The van der Waals surface area contributed by atoms with Gasteiger partial charge in [-0.3, -0.25) is 24.7 Å². The average Bonchev–Trinajstić information content (AvgIpc) is 2.62. The lowest BCUT2D eigenvalue weighted by Crippen LogP contribution is -2.67. The maximum Gasteiger partial charge on any atom is 0.524 e. The van der Waals surface area contributed by atoms with Crippen LogP contribution in [-0.2, 0) is 20.6 Å². The number of carboxylic acids is 1. The quantitative estimate of drug-likeness (QED) is 0.204. The number of aliphatic carboxylic acids is 1. The van der Waals surface area contributed by atoms with Gasteiger partial charge >= 0.3 is 13.8 Å². The minimum atomic E-state index is -4.79. The maximum absolute atomic E-state index is 12.1. The molecule has 1 saturated heterocycles. The Balaban J connectivity index is 1.90. The highest BCUT2D eigenvalue weighted by molar-refractivity contribution is 7.46. The first-order valence-corrected chi connectivity index (χ1v) is 10.2. The van der Waals surface area contributed by atoms with Crippen molar-refractivity contribution >= 4 is 19.7 Å². The van der Waals surface area contributed by atoms with Crippen LogP contribution in [0.5, 0.6) is 5.75 Å². The molecule has 0 spiro atoms. The van der Waals surface area contributed by atoms with E-state index in [1.54, 1.807) is 6.07 Å². The lowest BCUT2D eigenvalue weighted by atomic mass is 9.88. The summed E-state index contributed by atoms with van der Waals surface area (Å²) in [5, 5.41) is 43.6. The van der Waals surface area contributed by atoms with Crippen LogP contribution in [0.25, 0.3) is 0 Å². The zero-order valence-corrected chi connectivity index (χ0v) is 16.0. The van der Waals surface area contributed by atoms with Gasteiger partial charge in [0.1, 0.15) is 24.0 Å². The third-order valence-corrected chi connectivity index (χ3v) is 4.87. The zero-order valence-electron chi connectivity index (χ0n) is 15.1. The summed E-state index contributed by atoms with van der Waals surface area (Å²) >= 11 is 0. The lowest BCUT2D eigenvalue weighted by Gasteiger charge is -2.39. The van der Waals surface area contributed by atoms with E-state index in [-0.39, 0.29) is 30.7 Å². The number of rotatable bonds is 8. The Bertz CT molecular complexity index is 785. The normalized spacial score (nSPS) is 27.3. The van der Waals surface area contributed by atoms with E-state index in [2.05, 4.69) is 15.2 Å². The number of carboxylic acid groups (broad SMARTS) is 1. The maximum atomic E-state index is 12.1. The Morgan fingerprint density at radius 2 is 1.76 bits per heavy atom. The number of nitrogens with one attached hydrogen (secondary N) is 2. The van der Waals surface area contributed by atoms with E-state index in [0.717, 1.165) is 0 Å². The van der Waals surface area contributed by atoms with E-state index < -0.39 is 50.1 Å². The van der Waals surface area contributed by atoms with Crippen LogP contribution >= 0.6 is 7.82 Å². The summed E-state index contributed by atoms with van der Waals surface area (Å²) in [6.45, 7) is 0.00420. The molecule has 13 heteroatoms. The van der Waals surface area contributed by atoms with E-state index in [9.17, 15) is 29.5 Å². The monoisotopic (exact) mass is 434 g/mol. The molecule has 29 heavy (non-hydrogen) atoms. The number of hydrogen-bond acceptors (Lipinski definition) is 8. The average molecular weight is 434 g/mol. The van der Waals surface area contributed by atoms with Crippen LogP contribution in [-0.4, -0.2) is 79.0 Å². The molecule has 1 aliphatic heterocycles. The summed E-state index contributed by atoms with van der Waals surface area (Å²) in [5.41, 5.74) is 0.244. The molecule has 0 aliphatic carbocycles. The number of aliphatic hydroxyl groups is 3. The van der Waals surface area contributed by atoms with Crippen molar-refractivity contribution in [3.63, 3.8) is 0 Å². The fraction of sp³-hybridized carbons (Fsp3) is 0.500. The predicted octanol–water partition coefficient (Wildman–Crippen LogP) is -2.29. The largest absolute Gasteiger partial charge is 0.524 e. The van der Waals surface area contributed by atoms with Crippen LogP contribution < -0.4 is 15.2 Å². The lowest BCUT2D eigenvalue weighted by molar-refractivity contribution is -0.157. The predicted molar refractivity (Wildman–Crippen MR) is 96.8 cm³/mol. The van der Waals surface area contributed by atoms with Crippen LogP contribution in [0.1, 0.15) is 12.0 Å². The van der Waals surface area contributed by atoms with Gasteiger partial charge in [0.15, 0.2) is 0 Å². The van der Waals surface area contributed by atoms with Gasteiger partial charge in [0, 0.05) is 18.2 Å². The van der Waals surface area contributed by atoms with Crippen LogP contribution in [0.4, 0.5) is 0 Å². The smallest absolute Gasteiger partial charge is 0.480 e. The molecule has 1 aromatic carbocycles. The second-order valence-corrected chi connectivity index (χ2v) is 7.73. The van der Waals surface area contributed by atoms with Crippen LogP contribution in [0, 0.1) is 0 Å². The topological polar surface area (TPSA) is 206 Å². The number of para-hydroxylation sites is 1. The molecule has 0 unspecified atom stereocenters. The molecular formula is C16H23N2O10P. The van der Waals surface area contributed by atoms with Gasteiger partial charge in [0.2, 0.25) is 5.91 Å². The van der Waals surface area contributed by atoms with Crippen molar-refractivity contribution in [2.24, 2.45) is 0 Å². The Hall–Kier alpha value is -2.05. The molecule has 0 bridgehead atoms. The summed E-state index contributed by atoms with van der Waals surface area (Å²) in [6.07, 6.45) is -4.96. The van der Waals surface area contributed by atoms with Crippen molar-refractivity contribution in [2.75, 3.05) is 6.54 Å². The number of carbonyl (C=O) groups excluding carboxylic acids is 1. The Morgan fingerprint density at radius 3 is 2.38 bits per heavy atom. The molecule has 1 amide bonds.